The Morgan fingerprint density at radius 1 is 0.899 bits per heavy atom. The number of methoxy groups -OCH3 is 3. The van der Waals surface area contributed by atoms with Crippen LogP contribution in [-0.4, -0.2) is 141 Å². The van der Waals surface area contributed by atoms with Crippen molar-refractivity contribution in [2.75, 3.05) is 27.9 Å². The number of carbonyl (C=O) groups excluding carboxylic acids is 5. The van der Waals surface area contributed by atoms with E-state index >= 15 is 0 Å². The molecule has 384 valence electrons. The Balaban J connectivity index is 1.46. The van der Waals surface area contributed by atoms with Gasteiger partial charge in [-0.3, -0.25) is 19.2 Å². The van der Waals surface area contributed by atoms with E-state index in [-0.39, 0.29) is 60.9 Å². The fraction of sp³-hybridized carbons (Fsp3) is 0.731. The molecule has 1 aliphatic carbocycles. The zero-order valence-electron chi connectivity index (χ0n) is 42.5. The number of rotatable bonds is 7. The van der Waals surface area contributed by atoms with Crippen LogP contribution in [-0.2, 0) is 47.7 Å². The molecular formula is C52H79N5O12. The Kier molecular flexibility index (Phi) is 20.8. The van der Waals surface area contributed by atoms with E-state index in [1.54, 1.807) is 52.1 Å². The smallest absolute Gasteiger partial charge is 0.329 e. The maximum atomic E-state index is 14.5. The number of Topliss-reactive ketones (excluding diaryl/α,β-unsaturated/α-hetero) is 3. The van der Waals surface area contributed by atoms with Crippen LogP contribution in [0.25, 0.3) is 0 Å². The summed E-state index contributed by atoms with van der Waals surface area (Å²) in [5, 5.41) is 35.2. The number of cyclic esters (lactones) is 1. The summed E-state index contributed by atoms with van der Waals surface area (Å²) in [6.07, 6.45) is 14.0. The Morgan fingerprint density at radius 2 is 1.65 bits per heavy atom. The molecule has 17 nitrogen and oxygen atoms in total. The lowest BCUT2D eigenvalue weighted by Gasteiger charge is -2.42. The van der Waals surface area contributed by atoms with Crippen molar-refractivity contribution in [1.29, 1.82) is 0 Å². The van der Waals surface area contributed by atoms with E-state index in [4.69, 9.17) is 23.7 Å². The lowest BCUT2D eigenvalue weighted by molar-refractivity contribution is -0.265. The molecular weight excluding hydrogens is 887 g/mol. The maximum Gasteiger partial charge on any atom is 0.329 e. The molecule has 69 heavy (non-hydrogen) atoms. The van der Waals surface area contributed by atoms with Gasteiger partial charge in [-0.15, -0.1) is 5.10 Å². The molecule has 1 amide bonds. The number of tetrazole rings is 1. The number of ether oxygens (including phenoxy) is 5. The molecule has 1 aromatic rings. The minimum absolute atomic E-state index is 0.0197. The SMILES string of the molecule is COC1C(=O)C(C)C[C@H](C)C=CC=CC=C(C)[C@@H](OC)C[C@@H]2CC[C@@H](C)[C@@](O)(O2)C(=O)C(=O)N2CCCC[C@H]2C(=O)O[C@H]([C@H](C)CC2CC[C@H](n3cnnn3)C(OC)C2)CC(=O)/C(C)=C/C(C)[C@H]1O. The number of ketones is 3. The van der Waals surface area contributed by atoms with Crippen LogP contribution < -0.4 is 0 Å². The third kappa shape index (κ3) is 14.2. The van der Waals surface area contributed by atoms with E-state index in [1.807, 2.05) is 58.1 Å². The van der Waals surface area contributed by atoms with Gasteiger partial charge in [-0.2, -0.15) is 0 Å². The Bertz CT molecular complexity index is 2020. The van der Waals surface area contributed by atoms with Crippen molar-refractivity contribution in [1.82, 2.24) is 25.1 Å². The number of hydrogen-bond donors (Lipinski definition) is 2. The van der Waals surface area contributed by atoms with E-state index in [1.165, 1.54) is 12.0 Å². The molecule has 5 rings (SSSR count). The molecule has 2 N–H and O–H groups in total. The second-order valence-electron chi connectivity index (χ2n) is 20.4. The lowest BCUT2D eigenvalue weighted by Crippen LogP contribution is -2.61. The van der Waals surface area contributed by atoms with Crippen LogP contribution in [0.1, 0.15) is 132 Å². The molecule has 4 heterocycles. The molecule has 2 saturated heterocycles. The average molecular weight is 966 g/mol. The standard InChI is InChI=1S/C52H79N5O12/c1-31-16-12-11-13-17-32(2)43(65-8)28-39-21-19-37(7)52(64,69-39)49(61)50(62)56-23-15-14-18-41(56)51(63)68-44(34(4)26-38-20-22-40(45(27-38)66-9)57-30-53-54-55-57)29-42(58)33(3)25-36(6)47(60)48(67-10)46(59)35(5)24-31/h11-13,16-17,25,30-31,34-41,43-45,47-48,60,64H,14-15,18-24,26-29H2,1-10H3/b13-11?,16-12?,32-17?,33-25+/t31-,34-,35?,36?,37-,38?,39+,40+,41+,43+,44+,45?,47-,48?,52-/m1/s1. The molecule has 0 radical (unpaired) electrons. The fourth-order valence-electron chi connectivity index (χ4n) is 10.8. The van der Waals surface area contributed by atoms with Crippen molar-refractivity contribution in [2.24, 2.45) is 35.5 Å². The summed E-state index contributed by atoms with van der Waals surface area (Å²) in [5.74, 6) is -7.89. The van der Waals surface area contributed by atoms with Crippen LogP contribution in [0.2, 0.25) is 0 Å². The van der Waals surface area contributed by atoms with E-state index < -0.39 is 77.8 Å². The highest BCUT2D eigenvalue weighted by Gasteiger charge is 2.53. The van der Waals surface area contributed by atoms with Gasteiger partial charge >= 0.3 is 5.97 Å². The normalized spacial score (nSPS) is 37.1. The Hall–Kier alpha value is -4.26. The summed E-state index contributed by atoms with van der Waals surface area (Å²) < 4.78 is 31.6. The number of hydrogen-bond acceptors (Lipinski definition) is 15. The van der Waals surface area contributed by atoms with Gasteiger partial charge in [-0.25, -0.2) is 9.48 Å². The molecule has 17 heteroatoms. The molecule has 3 aliphatic heterocycles. The quantitative estimate of drug-likeness (QED) is 0.235. The second kappa shape index (κ2) is 25.7. The summed E-state index contributed by atoms with van der Waals surface area (Å²) in [6.45, 7) is 12.8. The number of aliphatic hydroxyl groups is 2. The van der Waals surface area contributed by atoms with Crippen LogP contribution in [0.3, 0.4) is 0 Å². The first-order valence-electron chi connectivity index (χ1n) is 25.0. The zero-order valence-corrected chi connectivity index (χ0v) is 42.5. The van der Waals surface area contributed by atoms with E-state index in [0.717, 1.165) is 18.4 Å². The highest BCUT2D eigenvalue weighted by atomic mass is 16.6. The predicted molar refractivity (Wildman–Crippen MR) is 256 cm³/mol. The number of fused-ring (bicyclic) bond motifs is 3. The molecule has 2 bridgehead atoms. The third-order valence-corrected chi connectivity index (χ3v) is 15.2. The van der Waals surface area contributed by atoms with Crippen LogP contribution in [0.4, 0.5) is 0 Å². The van der Waals surface area contributed by atoms with Crippen molar-refractivity contribution >= 4 is 29.2 Å². The van der Waals surface area contributed by atoms with Gasteiger partial charge in [0.15, 0.2) is 11.6 Å². The minimum Gasteiger partial charge on any atom is -0.460 e. The Labute approximate surface area is 408 Å². The highest BCUT2D eigenvalue weighted by Crippen LogP contribution is 2.39. The average Bonchev–Trinajstić information content (AvgIpc) is 3.88. The fourth-order valence-corrected chi connectivity index (χ4v) is 10.8. The summed E-state index contributed by atoms with van der Waals surface area (Å²) in [5.41, 5.74) is 1.20. The third-order valence-electron chi connectivity index (χ3n) is 15.2. The van der Waals surface area contributed by atoms with Crippen LogP contribution in [0, 0.1) is 35.5 Å². The number of piperidine rings is 1. The van der Waals surface area contributed by atoms with Gasteiger partial charge in [0.1, 0.15) is 24.6 Å². The molecule has 1 aromatic heterocycles. The number of nitrogens with zero attached hydrogens (tertiary/aromatic N) is 5. The first-order valence-corrected chi connectivity index (χ1v) is 25.0. The van der Waals surface area contributed by atoms with Gasteiger partial charge in [-0.05, 0) is 117 Å². The zero-order chi connectivity index (χ0) is 50.6. The van der Waals surface area contributed by atoms with Gasteiger partial charge in [0.05, 0.1) is 30.5 Å². The monoisotopic (exact) mass is 966 g/mol. The molecule has 3 fully saturated rings. The molecule has 0 aromatic carbocycles. The molecule has 5 unspecified atom stereocenters. The summed E-state index contributed by atoms with van der Waals surface area (Å²) in [6, 6.07) is -1.20. The van der Waals surface area contributed by atoms with E-state index in [0.29, 0.717) is 56.9 Å². The van der Waals surface area contributed by atoms with E-state index in [9.17, 15) is 34.2 Å². The number of allylic oxidation sites excluding steroid dienone is 6. The maximum absolute atomic E-state index is 14.5. The van der Waals surface area contributed by atoms with Crippen molar-refractivity contribution in [3.05, 3.63) is 53.9 Å². The van der Waals surface area contributed by atoms with E-state index in [2.05, 4.69) is 15.5 Å². The lowest BCUT2D eigenvalue weighted by atomic mass is 9.77. The van der Waals surface area contributed by atoms with Crippen molar-refractivity contribution in [2.45, 2.75) is 180 Å². The van der Waals surface area contributed by atoms with Crippen molar-refractivity contribution < 1.29 is 57.9 Å². The number of aromatic nitrogens is 4. The molecule has 1 saturated carbocycles. The molecule has 0 spiro atoms. The Morgan fingerprint density at radius 3 is 2.33 bits per heavy atom. The first-order chi connectivity index (χ1) is 32.8. The van der Waals surface area contributed by atoms with Gasteiger partial charge in [0, 0.05) is 58.5 Å². The van der Waals surface area contributed by atoms with Crippen molar-refractivity contribution in [3.63, 3.8) is 0 Å². The van der Waals surface area contributed by atoms with Crippen LogP contribution in [0.15, 0.2) is 53.9 Å². The van der Waals surface area contributed by atoms with Gasteiger partial charge in [0.25, 0.3) is 11.7 Å². The highest BCUT2D eigenvalue weighted by molar-refractivity contribution is 6.39. The minimum atomic E-state index is -2.43. The van der Waals surface area contributed by atoms with Gasteiger partial charge in [0.2, 0.25) is 5.79 Å². The van der Waals surface area contributed by atoms with Gasteiger partial charge in [-0.1, -0.05) is 71.1 Å². The summed E-state index contributed by atoms with van der Waals surface area (Å²) in [7, 11) is 4.63. The summed E-state index contributed by atoms with van der Waals surface area (Å²) in [4.78, 5) is 72.3. The predicted octanol–water partition coefficient (Wildman–Crippen LogP) is 6.05. The number of esters is 1. The van der Waals surface area contributed by atoms with Crippen LogP contribution in [0.5, 0.6) is 0 Å². The topological polar surface area (TPSA) is 219 Å². The largest absolute Gasteiger partial charge is 0.460 e. The number of aliphatic hydroxyl groups excluding tert-OH is 1. The van der Waals surface area contributed by atoms with Gasteiger partial charge < -0.3 is 38.8 Å². The van der Waals surface area contributed by atoms with Crippen LogP contribution >= 0.6 is 0 Å². The second-order valence-corrected chi connectivity index (χ2v) is 20.4. The molecule has 15 atom stereocenters. The number of amides is 1. The molecule has 4 aliphatic rings. The summed E-state index contributed by atoms with van der Waals surface area (Å²) >= 11 is 0. The number of carbonyl (C=O) groups is 5. The first kappa shape index (κ1) is 55.7. The van der Waals surface area contributed by atoms with Crippen molar-refractivity contribution in [3.8, 4) is 0 Å².